The van der Waals surface area contributed by atoms with E-state index in [2.05, 4.69) is 50.3 Å². The van der Waals surface area contributed by atoms with Crippen molar-refractivity contribution in [2.75, 3.05) is 25.7 Å². The van der Waals surface area contributed by atoms with E-state index in [0.29, 0.717) is 97.0 Å². The minimum Gasteiger partial charge on any atom is -0.478 e. The van der Waals surface area contributed by atoms with Gasteiger partial charge in [-0.2, -0.15) is 20.4 Å². The minimum absolute atomic E-state index is 0.0944. The Morgan fingerprint density at radius 2 is 0.718 bits per heavy atom. The van der Waals surface area contributed by atoms with Crippen LogP contribution >= 0.6 is 58.0 Å². The minimum atomic E-state index is -1.03. The molecular weight excluding hydrogens is 1120 g/mol. The number of halogens is 5. The number of benzene rings is 6. The SMILES string of the molecule is COC(=O)c1ccc(Cl)c(C)c1N.COC(=O)c1ccc(Cl)c2cn[nH]c12.Cc1c(Cl)ccc(C(=O)O)c1N.Cc1ccc(C(N)=O)c2[nH]ncc12.NC(=O)c1ccc(Cl)c2cn[nH]c12.O=C(O)c1ccc(Cl)c2cn[nH]c12. The molecule has 78 heavy (non-hydrogen) atoms. The Morgan fingerprint density at radius 1 is 0.423 bits per heavy atom. The number of anilines is 2. The maximum absolute atomic E-state index is 11.3. The zero-order valence-electron chi connectivity index (χ0n) is 41.4. The molecule has 0 aliphatic rings. The molecule has 0 unspecified atom stereocenters. The van der Waals surface area contributed by atoms with Gasteiger partial charge >= 0.3 is 23.9 Å². The zero-order chi connectivity index (χ0) is 57.7. The lowest BCUT2D eigenvalue weighted by Crippen LogP contribution is -2.11. The first kappa shape index (κ1) is 59.9. The van der Waals surface area contributed by atoms with E-state index in [1.807, 2.05) is 13.0 Å². The molecule has 2 amide bonds. The number of carboxylic acids is 2. The van der Waals surface area contributed by atoms with Gasteiger partial charge in [-0.1, -0.05) is 64.1 Å². The fraction of sp³-hybridized carbons (Fsp3) is 0.0980. The summed E-state index contributed by atoms with van der Waals surface area (Å²) in [5.41, 5.74) is 28.8. The first-order chi connectivity index (χ1) is 36.9. The van der Waals surface area contributed by atoms with Crippen LogP contribution in [0.4, 0.5) is 11.4 Å². The third-order valence-corrected chi connectivity index (χ3v) is 13.0. The third kappa shape index (κ3) is 13.9. The molecule has 0 saturated heterocycles. The number of nitrogen functional groups attached to an aromatic ring is 2. The lowest BCUT2D eigenvalue weighted by molar-refractivity contribution is 0.0593. The number of aromatic nitrogens is 8. The Bertz CT molecular complexity index is 3680. The molecular formula is C51H45Cl5N12O10. The van der Waals surface area contributed by atoms with E-state index in [-0.39, 0.29) is 16.8 Å². The second-order valence-electron chi connectivity index (χ2n) is 15.9. The van der Waals surface area contributed by atoms with Gasteiger partial charge < -0.3 is 42.6 Å². The van der Waals surface area contributed by atoms with Crippen LogP contribution in [0, 0.1) is 20.8 Å². The number of primary amides is 2. The number of aromatic amines is 4. The van der Waals surface area contributed by atoms with Crippen molar-refractivity contribution in [1.29, 1.82) is 0 Å². The number of hydrogen-bond acceptors (Lipinski definition) is 14. The van der Waals surface area contributed by atoms with Crippen molar-refractivity contribution in [1.82, 2.24) is 40.8 Å². The van der Waals surface area contributed by atoms with Crippen LogP contribution in [0.5, 0.6) is 0 Å². The van der Waals surface area contributed by atoms with Gasteiger partial charge in [-0.15, -0.1) is 0 Å². The van der Waals surface area contributed by atoms with Crippen LogP contribution in [0.1, 0.15) is 78.8 Å². The van der Waals surface area contributed by atoms with Crippen LogP contribution in [-0.2, 0) is 9.47 Å². The number of ether oxygens (including phenoxy) is 2. The summed E-state index contributed by atoms with van der Waals surface area (Å²) in [6, 6.07) is 19.1. The Morgan fingerprint density at radius 3 is 1.13 bits per heavy atom. The van der Waals surface area contributed by atoms with E-state index in [1.54, 1.807) is 81.0 Å². The summed E-state index contributed by atoms with van der Waals surface area (Å²) in [5, 5.41) is 49.0. The molecule has 6 aromatic carbocycles. The highest BCUT2D eigenvalue weighted by Gasteiger charge is 2.16. The summed E-state index contributed by atoms with van der Waals surface area (Å²) in [5.74, 6) is -3.81. The number of fused-ring (bicyclic) bond motifs is 4. The molecule has 0 fully saturated rings. The van der Waals surface area contributed by atoms with Crippen molar-refractivity contribution in [2.45, 2.75) is 20.8 Å². The highest BCUT2D eigenvalue weighted by Crippen LogP contribution is 2.29. The van der Waals surface area contributed by atoms with Crippen LogP contribution in [0.3, 0.4) is 0 Å². The molecule has 0 aliphatic carbocycles. The molecule has 27 heteroatoms. The van der Waals surface area contributed by atoms with Crippen molar-refractivity contribution in [2.24, 2.45) is 11.5 Å². The van der Waals surface area contributed by atoms with E-state index in [4.69, 9.17) is 91.2 Å². The monoisotopic (exact) mass is 1160 g/mol. The quantitative estimate of drug-likeness (QED) is 0.0546. The van der Waals surface area contributed by atoms with E-state index in [0.717, 1.165) is 16.3 Å². The number of methoxy groups -OCH3 is 2. The van der Waals surface area contributed by atoms with Crippen LogP contribution in [0.2, 0.25) is 25.1 Å². The number of nitrogens with one attached hydrogen (secondary N) is 4. The smallest absolute Gasteiger partial charge is 0.340 e. The lowest BCUT2D eigenvalue weighted by Gasteiger charge is -2.07. The Balaban J connectivity index is 0.000000173. The maximum Gasteiger partial charge on any atom is 0.340 e. The predicted molar refractivity (Wildman–Crippen MR) is 299 cm³/mol. The third-order valence-electron chi connectivity index (χ3n) is 11.2. The van der Waals surface area contributed by atoms with Gasteiger partial charge in [0.25, 0.3) is 11.8 Å². The molecule has 10 rings (SSSR count). The molecule has 4 heterocycles. The second kappa shape index (κ2) is 26.7. The highest BCUT2D eigenvalue weighted by atomic mass is 35.5. The van der Waals surface area contributed by atoms with Crippen LogP contribution < -0.4 is 22.9 Å². The van der Waals surface area contributed by atoms with Gasteiger partial charge in [0.1, 0.15) is 0 Å². The molecule has 14 N–H and O–H groups in total. The number of carboxylic acid groups (broad SMARTS) is 2. The van der Waals surface area contributed by atoms with Crippen molar-refractivity contribution < 1.29 is 48.5 Å². The van der Waals surface area contributed by atoms with E-state index >= 15 is 0 Å². The zero-order valence-corrected chi connectivity index (χ0v) is 45.2. The maximum atomic E-state index is 11.3. The van der Waals surface area contributed by atoms with Gasteiger partial charge in [0.15, 0.2) is 0 Å². The number of H-pyrrole nitrogens is 4. The van der Waals surface area contributed by atoms with Crippen LogP contribution in [0.15, 0.2) is 97.6 Å². The molecule has 0 bridgehead atoms. The molecule has 0 saturated carbocycles. The summed E-state index contributed by atoms with van der Waals surface area (Å²) in [7, 11) is 2.64. The average Bonchev–Trinajstić information content (AvgIpc) is 4.28. The Hall–Kier alpha value is -8.93. The summed E-state index contributed by atoms with van der Waals surface area (Å²) in [6.07, 6.45) is 6.33. The fourth-order valence-electron chi connectivity index (χ4n) is 6.93. The molecule has 10 aromatic rings. The van der Waals surface area contributed by atoms with Crippen molar-refractivity contribution in [3.05, 3.63) is 173 Å². The number of hydrogen-bond donors (Lipinski definition) is 10. The normalized spacial score (nSPS) is 10.3. The highest BCUT2D eigenvalue weighted by molar-refractivity contribution is 6.37. The first-order valence-electron chi connectivity index (χ1n) is 22.0. The number of amides is 2. The van der Waals surface area contributed by atoms with Crippen LogP contribution in [0.25, 0.3) is 43.6 Å². The van der Waals surface area contributed by atoms with Crippen LogP contribution in [-0.4, -0.2) is 101 Å². The van der Waals surface area contributed by atoms with Crippen molar-refractivity contribution in [3.63, 3.8) is 0 Å². The molecule has 22 nitrogen and oxygen atoms in total. The molecule has 0 radical (unpaired) electrons. The number of carbonyl (C=O) groups excluding carboxylic acids is 4. The van der Waals surface area contributed by atoms with Gasteiger partial charge in [-0.25, -0.2) is 19.2 Å². The summed E-state index contributed by atoms with van der Waals surface area (Å²) in [6.45, 7) is 5.40. The predicted octanol–water partition coefficient (Wildman–Crippen LogP) is 10.1. The molecule has 0 spiro atoms. The summed E-state index contributed by atoms with van der Waals surface area (Å²) in [4.78, 5) is 65.7. The number of aryl methyl sites for hydroxylation is 1. The van der Waals surface area contributed by atoms with E-state index in [1.165, 1.54) is 38.6 Å². The second-order valence-corrected chi connectivity index (χ2v) is 18.0. The topological polar surface area (TPSA) is 380 Å². The number of nitrogens with zero attached hydrogens (tertiary/aromatic N) is 4. The van der Waals surface area contributed by atoms with Gasteiger partial charge in [0, 0.05) is 31.6 Å². The Kier molecular flexibility index (Phi) is 20.5. The standard InChI is InChI=1S/C9H7ClN2O2.C9H10ClNO2.C9H9N3O.C8H6ClN3O.C8H5ClN2O2.C8H8ClNO2/c1-14-9(13)5-2-3-7(10)6-4-11-12-8(5)6;1-5-7(10)4-3-6(8(5)11)9(12)13-2;1-5-2-3-6(9(10)13)8-7(5)4-11-12-8;9-6-2-1-4(8(10)13)7-5(6)3-11-12-7;9-6-2-1-4(8(12)13)7-5(6)3-10-11-7;1-4-6(9)3-2-5(7(4)10)8(11)12/h2-4H,1H3,(H,11,12);3-4H,11H2,1-2H3;2-4H,1H3,(H2,10,13)(H,11,12);1-3H,(H2,10,13)(H,11,12);1-3H,(H,10,11)(H,12,13);2-3H,10H2,1H3,(H,11,12). The van der Waals surface area contributed by atoms with E-state index in [9.17, 15) is 28.8 Å². The molecule has 0 aliphatic heterocycles. The molecule has 0 atom stereocenters. The average molecular weight is 1160 g/mol. The molecule has 4 aromatic heterocycles. The van der Waals surface area contributed by atoms with E-state index < -0.39 is 35.7 Å². The van der Waals surface area contributed by atoms with Gasteiger partial charge in [-0.3, -0.25) is 30.0 Å². The summed E-state index contributed by atoms with van der Waals surface area (Å²) < 4.78 is 9.17. The molecule has 404 valence electrons. The summed E-state index contributed by atoms with van der Waals surface area (Å²) >= 11 is 29.1. The van der Waals surface area contributed by atoms with Gasteiger partial charge in [0.2, 0.25) is 0 Å². The number of aromatic carboxylic acids is 2. The van der Waals surface area contributed by atoms with Gasteiger partial charge in [0.05, 0.1) is 121 Å². The van der Waals surface area contributed by atoms with Crippen molar-refractivity contribution in [3.8, 4) is 0 Å². The van der Waals surface area contributed by atoms with Gasteiger partial charge in [-0.05, 0) is 104 Å². The fourth-order valence-corrected chi connectivity index (χ4v) is 7.87. The number of esters is 2. The largest absolute Gasteiger partial charge is 0.478 e. The van der Waals surface area contributed by atoms with Crippen molar-refractivity contribution >= 4 is 149 Å². The lowest BCUT2D eigenvalue weighted by atomic mass is 10.1. The number of nitrogens with two attached hydrogens (primary N) is 4. The Labute approximate surface area is 466 Å². The number of carbonyl (C=O) groups is 6. The number of rotatable bonds is 6. The first-order valence-corrected chi connectivity index (χ1v) is 23.9.